The van der Waals surface area contributed by atoms with E-state index in [9.17, 15) is 14.4 Å². The number of carbonyl (C=O) groups is 3. The van der Waals surface area contributed by atoms with Gasteiger partial charge in [-0.25, -0.2) is 0 Å². The first-order chi connectivity index (χ1) is 21.0. The predicted molar refractivity (Wildman–Crippen MR) is 183 cm³/mol. The summed E-state index contributed by atoms with van der Waals surface area (Å²) in [6, 6.07) is 0. The Bertz CT molecular complexity index is 642. The van der Waals surface area contributed by atoms with Crippen LogP contribution in [-0.2, 0) is 14.4 Å². The molecule has 3 amide bonds. The fourth-order valence-corrected chi connectivity index (χ4v) is 5.39. The Kier molecular flexibility index (Phi) is 32.0. The van der Waals surface area contributed by atoms with Crippen LogP contribution in [-0.4, -0.2) is 62.9 Å². The van der Waals surface area contributed by atoms with Gasteiger partial charge in [-0.3, -0.25) is 14.4 Å². The molecule has 7 nitrogen and oxygen atoms in total. The summed E-state index contributed by atoms with van der Waals surface area (Å²) in [4.78, 5) is 38.0. The average molecular weight is 609 g/mol. The number of nitrogens with one attached hydrogen (secondary N) is 3. The minimum absolute atomic E-state index is 0.0577. The van der Waals surface area contributed by atoms with E-state index in [0.717, 1.165) is 32.2 Å². The van der Waals surface area contributed by atoms with Crippen molar-refractivity contribution in [3.05, 3.63) is 0 Å². The van der Waals surface area contributed by atoms with Crippen LogP contribution in [0.25, 0.3) is 0 Å². The first-order valence-corrected chi connectivity index (χ1v) is 18.4. The van der Waals surface area contributed by atoms with Crippen LogP contribution in [0.5, 0.6) is 0 Å². The molecule has 0 aliphatic heterocycles. The second-order valence-corrected chi connectivity index (χ2v) is 12.9. The fraction of sp³-hybridized carbons (Fsp3) is 0.917. The van der Waals surface area contributed by atoms with Crippen LogP contribution < -0.4 is 16.0 Å². The van der Waals surface area contributed by atoms with Gasteiger partial charge in [-0.1, -0.05) is 135 Å². The Morgan fingerprint density at radius 1 is 0.395 bits per heavy atom. The van der Waals surface area contributed by atoms with Gasteiger partial charge in [0.25, 0.3) is 0 Å². The second kappa shape index (κ2) is 33.3. The minimum Gasteiger partial charge on any atom is -0.356 e. The lowest BCUT2D eigenvalue weighted by Crippen LogP contribution is -2.35. The van der Waals surface area contributed by atoms with Crippen LogP contribution in [0.15, 0.2) is 0 Å². The maximum absolute atomic E-state index is 12.0. The highest BCUT2D eigenvalue weighted by atomic mass is 16.2. The number of hydrogen-bond acceptors (Lipinski definition) is 4. The van der Waals surface area contributed by atoms with Crippen LogP contribution in [0.3, 0.4) is 0 Å². The summed E-state index contributed by atoms with van der Waals surface area (Å²) >= 11 is 0. The highest BCUT2D eigenvalue weighted by Crippen LogP contribution is 2.14. The van der Waals surface area contributed by atoms with E-state index in [1.54, 1.807) is 0 Å². The third-order valence-electron chi connectivity index (χ3n) is 8.21. The van der Waals surface area contributed by atoms with E-state index >= 15 is 0 Å². The molecule has 0 rings (SSSR count). The van der Waals surface area contributed by atoms with Gasteiger partial charge in [0.05, 0.1) is 0 Å². The highest BCUT2D eigenvalue weighted by molar-refractivity contribution is 5.83. The summed E-state index contributed by atoms with van der Waals surface area (Å²) in [5.41, 5.74) is 0. The van der Waals surface area contributed by atoms with Crippen molar-refractivity contribution in [2.24, 2.45) is 0 Å². The molecule has 0 heterocycles. The molecule has 0 bridgehead atoms. The summed E-state index contributed by atoms with van der Waals surface area (Å²) < 4.78 is 0. The molecule has 0 aliphatic carbocycles. The number of nitrogens with zero attached hydrogens (tertiary/aromatic N) is 1. The van der Waals surface area contributed by atoms with Crippen molar-refractivity contribution >= 4 is 17.7 Å². The molecule has 0 aromatic carbocycles. The largest absolute Gasteiger partial charge is 0.356 e. The maximum Gasteiger partial charge on any atom is 0.220 e. The van der Waals surface area contributed by atoms with Crippen molar-refractivity contribution in [3.63, 3.8) is 0 Å². The smallest absolute Gasteiger partial charge is 0.220 e. The molecule has 0 radical (unpaired) electrons. The number of carbonyl (C=O) groups excluding carboxylic acids is 3. The Hall–Kier alpha value is -1.63. The van der Waals surface area contributed by atoms with Crippen molar-refractivity contribution < 1.29 is 14.4 Å². The van der Waals surface area contributed by atoms with Crippen LogP contribution in [0.4, 0.5) is 0 Å². The molecule has 7 heteroatoms. The highest BCUT2D eigenvalue weighted by Gasteiger charge is 2.07. The molecule has 3 N–H and O–H groups in total. The molecular formula is C36H72N4O3. The zero-order chi connectivity index (χ0) is 31.6. The first kappa shape index (κ1) is 41.4. The van der Waals surface area contributed by atoms with Gasteiger partial charge in [0.15, 0.2) is 0 Å². The first-order valence-electron chi connectivity index (χ1n) is 18.4. The van der Waals surface area contributed by atoms with Crippen molar-refractivity contribution in [1.29, 1.82) is 0 Å². The second-order valence-electron chi connectivity index (χ2n) is 12.9. The molecule has 0 spiro atoms. The fourth-order valence-electron chi connectivity index (χ4n) is 5.39. The normalized spacial score (nSPS) is 11.2. The number of hydrogen-bond donors (Lipinski definition) is 3. The molecule has 0 saturated carbocycles. The molecule has 254 valence electrons. The topological polar surface area (TPSA) is 90.5 Å². The summed E-state index contributed by atoms with van der Waals surface area (Å²) in [6.45, 7) is 4.89. The molecule has 0 aromatic heterocycles. The summed E-state index contributed by atoms with van der Waals surface area (Å²) in [7, 11) is 4.16. The van der Waals surface area contributed by atoms with Crippen LogP contribution in [0, 0.1) is 0 Å². The van der Waals surface area contributed by atoms with Gasteiger partial charge in [0.1, 0.15) is 0 Å². The van der Waals surface area contributed by atoms with E-state index in [4.69, 9.17) is 0 Å². The number of amides is 3. The van der Waals surface area contributed by atoms with Gasteiger partial charge in [0.2, 0.25) is 17.7 Å². The molecule has 43 heavy (non-hydrogen) atoms. The SMILES string of the molecule is CCCCCCCCCCCCCCCCCCCCCC(=O)NCCNC(=O)CCC(=O)NCCCCCCN(C)C. The zero-order valence-electron chi connectivity index (χ0n) is 28.9. The van der Waals surface area contributed by atoms with Gasteiger partial charge in [0, 0.05) is 38.9 Å². The van der Waals surface area contributed by atoms with E-state index in [0.29, 0.717) is 26.1 Å². The van der Waals surface area contributed by atoms with E-state index in [2.05, 4.69) is 41.9 Å². The Morgan fingerprint density at radius 2 is 0.721 bits per heavy atom. The van der Waals surface area contributed by atoms with Crippen LogP contribution in [0.1, 0.15) is 174 Å². The lowest BCUT2D eigenvalue weighted by atomic mass is 10.0. The maximum atomic E-state index is 12.0. The Labute approximate surface area is 266 Å². The lowest BCUT2D eigenvalue weighted by molar-refractivity contribution is -0.126. The van der Waals surface area contributed by atoms with Crippen LogP contribution >= 0.6 is 0 Å². The third-order valence-corrected chi connectivity index (χ3v) is 8.21. The molecule has 0 unspecified atom stereocenters. The predicted octanol–water partition coefficient (Wildman–Crippen LogP) is 8.06. The van der Waals surface area contributed by atoms with Crippen molar-refractivity contribution in [2.75, 3.05) is 40.3 Å². The lowest BCUT2D eigenvalue weighted by Gasteiger charge is -2.09. The molecule has 0 aromatic rings. The standard InChI is InChI=1S/C36H72N4O3/c1-4-5-6-7-8-9-10-11-12-13-14-15-16-17-18-19-20-21-24-27-34(41)38-31-32-39-36(43)29-28-35(42)37-30-25-22-23-26-33-40(2)3/h4-33H2,1-3H3,(H,37,42)(H,38,41)(H,39,43). The van der Waals surface area contributed by atoms with Gasteiger partial charge >= 0.3 is 0 Å². The number of rotatable bonds is 33. The monoisotopic (exact) mass is 609 g/mol. The molecule has 0 aliphatic rings. The number of unbranched alkanes of at least 4 members (excludes halogenated alkanes) is 21. The van der Waals surface area contributed by atoms with E-state index in [1.807, 2.05) is 0 Å². The Morgan fingerprint density at radius 3 is 1.14 bits per heavy atom. The summed E-state index contributed by atoms with van der Waals surface area (Å²) in [5.74, 6) is -0.162. The molecule has 0 saturated heterocycles. The summed E-state index contributed by atoms with van der Waals surface area (Å²) in [5, 5.41) is 8.56. The van der Waals surface area contributed by atoms with E-state index in [-0.39, 0.29) is 30.6 Å². The van der Waals surface area contributed by atoms with Gasteiger partial charge in [-0.05, 0) is 39.9 Å². The quantitative estimate of drug-likeness (QED) is 0.0658. The minimum atomic E-state index is -0.146. The summed E-state index contributed by atoms with van der Waals surface area (Å²) in [6.07, 6.45) is 31.0. The van der Waals surface area contributed by atoms with E-state index < -0.39 is 0 Å². The molecular weight excluding hydrogens is 536 g/mol. The molecule has 0 fully saturated rings. The van der Waals surface area contributed by atoms with Gasteiger partial charge in [-0.15, -0.1) is 0 Å². The van der Waals surface area contributed by atoms with Crippen molar-refractivity contribution in [1.82, 2.24) is 20.9 Å². The van der Waals surface area contributed by atoms with Crippen molar-refractivity contribution in [3.8, 4) is 0 Å². The average Bonchev–Trinajstić information content (AvgIpc) is 2.98. The Balaban J connectivity index is 3.34. The van der Waals surface area contributed by atoms with Gasteiger partial charge < -0.3 is 20.9 Å². The zero-order valence-corrected chi connectivity index (χ0v) is 28.9. The third kappa shape index (κ3) is 34.7. The van der Waals surface area contributed by atoms with E-state index in [1.165, 1.54) is 122 Å². The van der Waals surface area contributed by atoms with Gasteiger partial charge in [-0.2, -0.15) is 0 Å². The molecule has 0 atom stereocenters. The van der Waals surface area contributed by atoms with Crippen molar-refractivity contribution in [2.45, 2.75) is 174 Å². The van der Waals surface area contributed by atoms with Crippen LogP contribution in [0.2, 0.25) is 0 Å².